The summed E-state index contributed by atoms with van der Waals surface area (Å²) in [7, 11) is 0. The van der Waals surface area contributed by atoms with Crippen LogP contribution in [-0.2, 0) is 25.5 Å². The van der Waals surface area contributed by atoms with Gasteiger partial charge in [0, 0.05) is 6.04 Å². The predicted molar refractivity (Wildman–Crippen MR) is 94.9 cm³/mol. The van der Waals surface area contributed by atoms with Crippen molar-refractivity contribution in [2.24, 2.45) is 0 Å². The zero-order valence-corrected chi connectivity index (χ0v) is 14.4. The van der Waals surface area contributed by atoms with Gasteiger partial charge in [0.25, 0.3) is 5.91 Å². The third kappa shape index (κ3) is 6.25. The normalized spacial score (nSPS) is 10.5. The van der Waals surface area contributed by atoms with Gasteiger partial charge in [0.15, 0.2) is 6.61 Å². The molecule has 0 aliphatic carbocycles. The van der Waals surface area contributed by atoms with Crippen LogP contribution in [0.5, 0.6) is 0 Å². The molecule has 0 saturated heterocycles. The molecule has 2 aromatic carbocycles. The van der Waals surface area contributed by atoms with Crippen LogP contribution in [0.2, 0.25) is 0 Å². The van der Waals surface area contributed by atoms with E-state index in [0.717, 1.165) is 16.3 Å². The second kappa shape index (κ2) is 8.82. The molecule has 2 amide bonds. The Balaban J connectivity index is 1.76. The Kier molecular flexibility index (Phi) is 6.51. The highest BCUT2D eigenvalue weighted by Crippen LogP contribution is 2.16. The maximum absolute atomic E-state index is 11.9. The molecule has 25 heavy (non-hydrogen) atoms. The van der Waals surface area contributed by atoms with E-state index in [1.54, 1.807) is 0 Å². The average molecular weight is 342 g/mol. The number of hydrogen-bond acceptors (Lipinski definition) is 4. The summed E-state index contributed by atoms with van der Waals surface area (Å²) < 4.78 is 4.95. The van der Waals surface area contributed by atoms with Crippen molar-refractivity contribution in [1.29, 1.82) is 0 Å². The highest BCUT2D eigenvalue weighted by atomic mass is 16.5. The van der Waals surface area contributed by atoms with Crippen LogP contribution in [0, 0.1) is 0 Å². The first-order valence-electron chi connectivity index (χ1n) is 8.13. The zero-order chi connectivity index (χ0) is 18.2. The quantitative estimate of drug-likeness (QED) is 0.748. The van der Waals surface area contributed by atoms with Gasteiger partial charge in [-0.1, -0.05) is 42.5 Å². The molecule has 6 nitrogen and oxygen atoms in total. The maximum atomic E-state index is 11.9. The largest absolute Gasteiger partial charge is 0.455 e. The van der Waals surface area contributed by atoms with Crippen molar-refractivity contribution in [2.75, 3.05) is 13.2 Å². The molecule has 0 aliphatic heterocycles. The fourth-order valence-electron chi connectivity index (χ4n) is 2.32. The molecule has 0 bridgehead atoms. The molecule has 0 radical (unpaired) electrons. The number of carbonyl (C=O) groups is 3. The summed E-state index contributed by atoms with van der Waals surface area (Å²) in [5, 5.41) is 7.19. The van der Waals surface area contributed by atoms with Gasteiger partial charge in [-0.25, -0.2) is 0 Å². The Morgan fingerprint density at radius 3 is 2.44 bits per heavy atom. The monoisotopic (exact) mass is 342 g/mol. The molecule has 0 spiro atoms. The molecule has 2 rings (SSSR count). The first-order valence-corrected chi connectivity index (χ1v) is 8.13. The van der Waals surface area contributed by atoms with Crippen molar-refractivity contribution in [1.82, 2.24) is 10.6 Å². The Bertz CT molecular complexity index is 771. The summed E-state index contributed by atoms with van der Waals surface area (Å²) in [5.41, 5.74) is 0.820. The molecule has 2 N–H and O–H groups in total. The van der Waals surface area contributed by atoms with Gasteiger partial charge in [-0.3, -0.25) is 14.4 Å². The number of amides is 2. The van der Waals surface area contributed by atoms with Crippen LogP contribution >= 0.6 is 0 Å². The van der Waals surface area contributed by atoms with Gasteiger partial charge in [-0.05, 0) is 30.2 Å². The lowest BCUT2D eigenvalue weighted by atomic mass is 10.1. The van der Waals surface area contributed by atoms with Gasteiger partial charge in [-0.15, -0.1) is 0 Å². The van der Waals surface area contributed by atoms with Crippen molar-refractivity contribution in [3.8, 4) is 0 Å². The molecule has 0 saturated carbocycles. The van der Waals surface area contributed by atoms with Crippen molar-refractivity contribution in [3.63, 3.8) is 0 Å². The minimum Gasteiger partial charge on any atom is -0.455 e. The molecule has 0 atom stereocenters. The topological polar surface area (TPSA) is 84.5 Å². The third-order valence-electron chi connectivity index (χ3n) is 3.42. The van der Waals surface area contributed by atoms with Crippen LogP contribution in [0.1, 0.15) is 19.4 Å². The summed E-state index contributed by atoms with van der Waals surface area (Å²) in [6.07, 6.45) is 0.0892. The van der Waals surface area contributed by atoms with E-state index in [-0.39, 0.29) is 24.9 Å². The van der Waals surface area contributed by atoms with Crippen LogP contribution in [0.4, 0.5) is 0 Å². The minimum atomic E-state index is -0.509. The Labute approximate surface area is 146 Å². The van der Waals surface area contributed by atoms with E-state index < -0.39 is 18.5 Å². The summed E-state index contributed by atoms with van der Waals surface area (Å²) in [4.78, 5) is 34.9. The van der Waals surface area contributed by atoms with Crippen molar-refractivity contribution in [3.05, 3.63) is 48.0 Å². The first kappa shape index (κ1) is 18.4. The molecule has 132 valence electrons. The summed E-state index contributed by atoms with van der Waals surface area (Å²) in [6, 6.07) is 13.6. The van der Waals surface area contributed by atoms with Gasteiger partial charge in [0.2, 0.25) is 5.91 Å². The molecule has 0 fully saturated rings. The lowest BCUT2D eigenvalue weighted by molar-refractivity contribution is -0.147. The van der Waals surface area contributed by atoms with E-state index in [1.165, 1.54) is 0 Å². The van der Waals surface area contributed by atoms with E-state index in [0.29, 0.717) is 0 Å². The lowest BCUT2D eigenvalue weighted by Gasteiger charge is -2.09. The highest BCUT2D eigenvalue weighted by molar-refractivity contribution is 5.87. The van der Waals surface area contributed by atoms with Gasteiger partial charge in [0.1, 0.15) is 0 Å². The van der Waals surface area contributed by atoms with Crippen LogP contribution in [0.3, 0.4) is 0 Å². The second-order valence-corrected chi connectivity index (χ2v) is 6.02. The summed E-state index contributed by atoms with van der Waals surface area (Å²) >= 11 is 0. The number of fused-ring (bicyclic) bond motifs is 1. The van der Waals surface area contributed by atoms with Crippen LogP contribution in [0.25, 0.3) is 10.8 Å². The number of ether oxygens (including phenoxy) is 1. The molecular formula is C19H22N2O4. The summed E-state index contributed by atoms with van der Waals surface area (Å²) in [5.74, 6) is -1.28. The number of rotatable bonds is 7. The standard InChI is InChI=1S/C19H22N2O4/c1-13(2)21-17(22)11-20-18(23)12-25-19(24)10-14-7-8-15-5-3-4-6-16(15)9-14/h3-9,13H,10-12H2,1-2H3,(H,20,23)(H,21,22). The first-order chi connectivity index (χ1) is 11.9. The molecule has 6 heteroatoms. The maximum Gasteiger partial charge on any atom is 0.310 e. The van der Waals surface area contributed by atoms with E-state index in [1.807, 2.05) is 56.3 Å². The van der Waals surface area contributed by atoms with Gasteiger partial charge < -0.3 is 15.4 Å². The lowest BCUT2D eigenvalue weighted by Crippen LogP contribution is -2.41. The SMILES string of the molecule is CC(C)NC(=O)CNC(=O)COC(=O)Cc1ccc2ccccc2c1. The van der Waals surface area contributed by atoms with Crippen molar-refractivity contribution in [2.45, 2.75) is 26.3 Å². The number of hydrogen-bond donors (Lipinski definition) is 2. The second-order valence-electron chi connectivity index (χ2n) is 6.02. The third-order valence-corrected chi connectivity index (χ3v) is 3.42. The van der Waals surface area contributed by atoms with Crippen LogP contribution < -0.4 is 10.6 Å². The molecule has 0 aliphatic rings. The zero-order valence-electron chi connectivity index (χ0n) is 14.4. The fraction of sp³-hybridized carbons (Fsp3) is 0.316. The fourth-order valence-corrected chi connectivity index (χ4v) is 2.32. The smallest absolute Gasteiger partial charge is 0.310 e. The van der Waals surface area contributed by atoms with E-state index in [4.69, 9.17) is 4.74 Å². The molecule has 0 unspecified atom stereocenters. The Hall–Kier alpha value is -2.89. The highest BCUT2D eigenvalue weighted by Gasteiger charge is 2.10. The Morgan fingerprint density at radius 1 is 1.00 bits per heavy atom. The van der Waals surface area contributed by atoms with Crippen LogP contribution in [-0.4, -0.2) is 37.0 Å². The van der Waals surface area contributed by atoms with E-state index in [2.05, 4.69) is 10.6 Å². The van der Waals surface area contributed by atoms with Crippen LogP contribution in [0.15, 0.2) is 42.5 Å². The average Bonchev–Trinajstić information content (AvgIpc) is 2.57. The van der Waals surface area contributed by atoms with Crippen molar-refractivity contribution >= 4 is 28.6 Å². The predicted octanol–water partition coefficient (Wildman–Crippen LogP) is 1.57. The number of benzene rings is 2. The number of nitrogens with one attached hydrogen (secondary N) is 2. The van der Waals surface area contributed by atoms with Gasteiger partial charge in [0.05, 0.1) is 13.0 Å². The number of esters is 1. The van der Waals surface area contributed by atoms with Crippen molar-refractivity contribution < 1.29 is 19.1 Å². The molecule has 0 heterocycles. The molecule has 2 aromatic rings. The molecule has 0 aromatic heterocycles. The van der Waals surface area contributed by atoms with Gasteiger partial charge >= 0.3 is 5.97 Å². The number of carbonyl (C=O) groups excluding carboxylic acids is 3. The van der Waals surface area contributed by atoms with E-state index >= 15 is 0 Å². The van der Waals surface area contributed by atoms with Gasteiger partial charge in [-0.2, -0.15) is 0 Å². The summed E-state index contributed by atoms with van der Waals surface area (Å²) in [6.45, 7) is 3.11. The minimum absolute atomic E-state index is 0.00387. The Morgan fingerprint density at radius 2 is 1.72 bits per heavy atom. The molecular weight excluding hydrogens is 320 g/mol. The van der Waals surface area contributed by atoms with E-state index in [9.17, 15) is 14.4 Å².